The van der Waals surface area contributed by atoms with Gasteiger partial charge in [-0.15, -0.1) is 0 Å². The minimum absolute atomic E-state index is 0.0893. The van der Waals surface area contributed by atoms with Gasteiger partial charge in [-0.25, -0.2) is 9.97 Å². The normalized spacial score (nSPS) is 12.4. The maximum Gasteiger partial charge on any atom is 0.417 e. The van der Waals surface area contributed by atoms with E-state index in [0.717, 1.165) is 23.4 Å². The Labute approximate surface area is 160 Å². The van der Waals surface area contributed by atoms with E-state index in [1.807, 2.05) is 0 Å². The zero-order valence-electron chi connectivity index (χ0n) is 14.7. The monoisotopic (exact) mass is 407 g/mol. The summed E-state index contributed by atoms with van der Waals surface area (Å²) in [5, 5.41) is 14.7. The third kappa shape index (κ3) is 4.02. The molecular weight excluding hydrogens is 395 g/mol. The number of nitro groups is 1. The van der Waals surface area contributed by atoms with E-state index < -0.39 is 22.7 Å². The number of alkyl halides is 3. The summed E-state index contributed by atoms with van der Waals surface area (Å²) >= 11 is 0. The van der Waals surface area contributed by atoms with E-state index in [1.54, 1.807) is 0 Å². The molecule has 29 heavy (non-hydrogen) atoms. The van der Waals surface area contributed by atoms with Gasteiger partial charge >= 0.3 is 6.18 Å². The Morgan fingerprint density at radius 2 is 2.00 bits per heavy atom. The van der Waals surface area contributed by atoms with Crippen LogP contribution >= 0.6 is 0 Å². The summed E-state index contributed by atoms with van der Waals surface area (Å²) in [7, 11) is 0. The van der Waals surface area contributed by atoms with Crippen LogP contribution in [0.3, 0.4) is 0 Å². The number of amides is 1. The molecule has 0 bridgehead atoms. The summed E-state index contributed by atoms with van der Waals surface area (Å²) in [6, 6.07) is 2.49. The Balaban J connectivity index is 1.96. The molecule has 0 N–H and O–H groups in total. The number of nitrogens with zero attached hydrogens (tertiary/aromatic N) is 7. The maximum atomic E-state index is 13.0. The molecule has 0 saturated carbocycles. The molecule has 13 heteroatoms. The van der Waals surface area contributed by atoms with Crippen LogP contribution in [0, 0.1) is 10.1 Å². The number of halogens is 3. The number of rotatable bonds is 6. The van der Waals surface area contributed by atoms with Gasteiger partial charge in [0.05, 0.1) is 28.4 Å². The summed E-state index contributed by atoms with van der Waals surface area (Å²) in [5.41, 5.74) is -1.32. The smallest absolute Gasteiger partial charge is 0.303 e. The van der Waals surface area contributed by atoms with E-state index in [2.05, 4.69) is 20.1 Å². The van der Waals surface area contributed by atoms with Crippen LogP contribution in [0.5, 0.6) is 0 Å². The molecule has 0 saturated heterocycles. The lowest BCUT2D eigenvalue weighted by atomic mass is 10.2. The van der Waals surface area contributed by atoms with Crippen LogP contribution < -0.4 is 4.90 Å². The number of hydrogen-bond donors (Lipinski definition) is 0. The minimum atomic E-state index is -4.62. The Kier molecular flexibility index (Phi) is 5.21. The largest absolute Gasteiger partial charge is 0.417 e. The molecule has 1 atom stereocenters. The van der Waals surface area contributed by atoms with E-state index >= 15 is 0 Å². The average molecular weight is 407 g/mol. The molecular formula is C16H12F3N7O3. The Morgan fingerprint density at radius 3 is 2.59 bits per heavy atom. The van der Waals surface area contributed by atoms with Gasteiger partial charge in [0, 0.05) is 12.3 Å². The van der Waals surface area contributed by atoms with Crippen LogP contribution in [0.4, 0.5) is 24.5 Å². The van der Waals surface area contributed by atoms with E-state index in [-0.39, 0.29) is 23.0 Å². The molecule has 0 aliphatic heterocycles. The lowest BCUT2D eigenvalue weighted by Gasteiger charge is -2.25. The molecule has 1 unspecified atom stereocenters. The van der Waals surface area contributed by atoms with Gasteiger partial charge in [-0.1, -0.05) is 0 Å². The Bertz CT molecular complexity index is 1040. The van der Waals surface area contributed by atoms with E-state index in [4.69, 9.17) is 0 Å². The molecule has 3 aromatic heterocycles. The van der Waals surface area contributed by atoms with Crippen LogP contribution in [-0.2, 0) is 11.0 Å². The molecule has 0 spiro atoms. The maximum absolute atomic E-state index is 13.0. The standard InChI is InChI=1S/C16H12F3N7O3/c1-10(24(9-27)13-4-11(5-20-6-13)16(17,18)19)15-22-8-23-25(15)14-3-2-12(7-21-14)26(28)29/h2-10H,1H3. The first-order chi connectivity index (χ1) is 13.7. The summed E-state index contributed by atoms with van der Waals surface area (Å²) in [4.78, 5) is 34.3. The van der Waals surface area contributed by atoms with Crippen LogP contribution in [0.2, 0.25) is 0 Å². The number of anilines is 1. The second kappa shape index (κ2) is 7.61. The van der Waals surface area contributed by atoms with Gasteiger partial charge in [0.1, 0.15) is 12.5 Å². The minimum Gasteiger partial charge on any atom is -0.303 e. The third-order valence-corrected chi connectivity index (χ3v) is 3.99. The Hall–Kier alpha value is -3.90. The van der Waals surface area contributed by atoms with Crippen LogP contribution in [0.15, 0.2) is 43.1 Å². The highest BCUT2D eigenvalue weighted by Gasteiger charge is 2.32. The summed E-state index contributed by atoms with van der Waals surface area (Å²) < 4.78 is 40.1. The van der Waals surface area contributed by atoms with Crippen molar-refractivity contribution >= 4 is 17.8 Å². The average Bonchev–Trinajstić information content (AvgIpc) is 3.18. The number of carbonyl (C=O) groups excluding carboxylic acids is 1. The van der Waals surface area contributed by atoms with E-state index in [0.29, 0.717) is 12.6 Å². The van der Waals surface area contributed by atoms with Crippen LogP contribution in [0.25, 0.3) is 5.82 Å². The lowest BCUT2D eigenvalue weighted by molar-refractivity contribution is -0.385. The van der Waals surface area contributed by atoms with Gasteiger partial charge in [-0.2, -0.15) is 23.0 Å². The molecule has 0 aromatic carbocycles. The van der Waals surface area contributed by atoms with Gasteiger partial charge in [-0.05, 0) is 19.1 Å². The van der Waals surface area contributed by atoms with Crippen molar-refractivity contribution in [3.05, 3.63) is 64.6 Å². The quantitative estimate of drug-likeness (QED) is 0.350. The van der Waals surface area contributed by atoms with Crippen molar-refractivity contribution in [1.82, 2.24) is 24.7 Å². The highest BCUT2D eigenvalue weighted by molar-refractivity contribution is 5.76. The first-order valence-electron chi connectivity index (χ1n) is 7.99. The molecule has 0 aliphatic rings. The second-order valence-electron chi connectivity index (χ2n) is 5.78. The van der Waals surface area contributed by atoms with E-state index in [1.165, 1.54) is 30.1 Å². The van der Waals surface area contributed by atoms with E-state index in [9.17, 15) is 28.1 Å². The van der Waals surface area contributed by atoms with Crippen LogP contribution in [0.1, 0.15) is 24.4 Å². The summed E-state index contributed by atoms with van der Waals surface area (Å²) in [5.74, 6) is 0.360. The molecule has 0 aliphatic carbocycles. The van der Waals surface area contributed by atoms with Gasteiger partial charge in [0.15, 0.2) is 11.6 Å². The zero-order valence-corrected chi connectivity index (χ0v) is 14.7. The van der Waals surface area contributed by atoms with Crippen molar-refractivity contribution in [3.63, 3.8) is 0 Å². The first-order valence-corrected chi connectivity index (χ1v) is 7.99. The lowest BCUT2D eigenvalue weighted by Crippen LogP contribution is -2.28. The van der Waals surface area contributed by atoms with Crippen molar-refractivity contribution in [1.29, 1.82) is 0 Å². The van der Waals surface area contributed by atoms with Crippen LogP contribution in [-0.4, -0.2) is 36.1 Å². The molecule has 150 valence electrons. The van der Waals surface area contributed by atoms with Gasteiger partial charge < -0.3 is 4.90 Å². The fourth-order valence-electron chi connectivity index (χ4n) is 2.55. The highest BCUT2D eigenvalue weighted by Crippen LogP contribution is 2.32. The number of pyridine rings is 2. The molecule has 0 fully saturated rings. The van der Waals surface area contributed by atoms with Gasteiger partial charge in [0.2, 0.25) is 6.41 Å². The van der Waals surface area contributed by atoms with Crippen molar-refractivity contribution < 1.29 is 22.9 Å². The topological polar surface area (TPSA) is 120 Å². The SMILES string of the molecule is CC(c1ncnn1-c1ccc([N+](=O)[O-])cn1)N(C=O)c1cncc(C(F)(F)F)c1. The molecule has 3 heterocycles. The van der Waals surface area contributed by atoms with Crippen molar-refractivity contribution in [2.24, 2.45) is 0 Å². The molecule has 3 aromatic rings. The van der Waals surface area contributed by atoms with Gasteiger partial charge in [-0.3, -0.25) is 19.9 Å². The third-order valence-electron chi connectivity index (χ3n) is 3.99. The first kappa shape index (κ1) is 19.9. The fraction of sp³-hybridized carbons (Fsp3) is 0.188. The summed E-state index contributed by atoms with van der Waals surface area (Å²) in [6.45, 7) is 1.53. The van der Waals surface area contributed by atoms with Crippen molar-refractivity contribution in [2.45, 2.75) is 19.1 Å². The molecule has 10 nitrogen and oxygen atoms in total. The number of aromatic nitrogens is 5. The van der Waals surface area contributed by atoms with Gasteiger partial charge in [0.25, 0.3) is 5.69 Å². The fourth-order valence-corrected chi connectivity index (χ4v) is 2.55. The molecule has 3 rings (SSSR count). The van der Waals surface area contributed by atoms with Crippen molar-refractivity contribution in [3.8, 4) is 5.82 Å². The zero-order chi connectivity index (χ0) is 21.2. The number of hydrogen-bond acceptors (Lipinski definition) is 7. The second-order valence-corrected chi connectivity index (χ2v) is 5.78. The highest BCUT2D eigenvalue weighted by atomic mass is 19.4. The predicted octanol–water partition coefficient (Wildman–Crippen LogP) is 2.71. The predicted molar refractivity (Wildman–Crippen MR) is 92.0 cm³/mol. The van der Waals surface area contributed by atoms with Crippen molar-refractivity contribution in [2.75, 3.05) is 4.90 Å². The molecule has 0 radical (unpaired) electrons. The molecule has 1 amide bonds. The Morgan fingerprint density at radius 1 is 1.24 bits per heavy atom. The summed E-state index contributed by atoms with van der Waals surface area (Å²) in [6.07, 6.45) is -0.305. The number of carbonyl (C=O) groups is 1.